The molecule has 0 saturated carbocycles. The van der Waals surface area contributed by atoms with Crippen LogP contribution in [0.15, 0.2) is 41.3 Å². The smallest absolute Gasteiger partial charge is 0.245 e. The van der Waals surface area contributed by atoms with Crippen LogP contribution in [-0.4, -0.2) is 60.0 Å². The van der Waals surface area contributed by atoms with Gasteiger partial charge in [0.25, 0.3) is 0 Å². The number of anilines is 2. The van der Waals surface area contributed by atoms with Crippen molar-refractivity contribution in [3.63, 3.8) is 0 Å². The normalized spacial score (nSPS) is 15.1. The van der Waals surface area contributed by atoms with Crippen LogP contribution in [0.2, 0.25) is 10.0 Å². The molecule has 0 bridgehead atoms. The minimum absolute atomic E-state index is 0.00657. The molecule has 1 heterocycles. The Bertz CT molecular complexity index is 1260. The van der Waals surface area contributed by atoms with Crippen LogP contribution >= 0.6 is 23.2 Å². The summed E-state index contributed by atoms with van der Waals surface area (Å²) in [5.41, 5.74) is 0.215. The fraction of sp³-hybridized carbons (Fsp3) is 0.381. The number of nitrogens with one attached hydrogen (secondary N) is 1. The molecule has 0 spiro atoms. The molecule has 13 heteroatoms. The minimum Gasteiger partial charge on any atom is -0.495 e. The molecule has 1 saturated heterocycles. The molecule has 9 nitrogen and oxygen atoms in total. The average Bonchev–Trinajstić information content (AvgIpc) is 2.76. The molecular weight excluding hydrogens is 525 g/mol. The predicted molar refractivity (Wildman–Crippen MR) is 133 cm³/mol. The van der Waals surface area contributed by atoms with E-state index >= 15 is 0 Å². The van der Waals surface area contributed by atoms with Crippen molar-refractivity contribution in [3.05, 3.63) is 46.4 Å². The second kappa shape index (κ2) is 10.7. The van der Waals surface area contributed by atoms with Gasteiger partial charge >= 0.3 is 0 Å². The van der Waals surface area contributed by atoms with Crippen LogP contribution in [0.5, 0.6) is 5.75 Å². The molecule has 0 aromatic heterocycles. The van der Waals surface area contributed by atoms with Crippen LogP contribution in [0.1, 0.15) is 19.3 Å². The first-order valence-electron chi connectivity index (χ1n) is 10.3. The van der Waals surface area contributed by atoms with Crippen molar-refractivity contribution in [2.24, 2.45) is 0 Å². The Balaban J connectivity index is 1.88. The second-order valence-electron chi connectivity index (χ2n) is 7.77. The molecular formula is C21H25Cl2N3O6S2. The first kappa shape index (κ1) is 26.6. The summed E-state index contributed by atoms with van der Waals surface area (Å²) in [5, 5.41) is 2.96. The lowest BCUT2D eigenvalue weighted by Gasteiger charge is -2.26. The Morgan fingerprint density at radius 1 is 1.03 bits per heavy atom. The third-order valence-corrected chi connectivity index (χ3v) is 8.69. The Morgan fingerprint density at radius 3 is 2.21 bits per heavy atom. The van der Waals surface area contributed by atoms with Crippen molar-refractivity contribution >= 4 is 60.5 Å². The van der Waals surface area contributed by atoms with Gasteiger partial charge in [0, 0.05) is 23.1 Å². The van der Waals surface area contributed by atoms with Gasteiger partial charge in [-0.3, -0.25) is 9.10 Å². The van der Waals surface area contributed by atoms with Gasteiger partial charge in [-0.2, -0.15) is 4.31 Å². The summed E-state index contributed by atoms with van der Waals surface area (Å²) < 4.78 is 58.4. The molecule has 0 atom stereocenters. The van der Waals surface area contributed by atoms with E-state index in [1.165, 1.54) is 47.8 Å². The van der Waals surface area contributed by atoms with E-state index in [2.05, 4.69) is 5.32 Å². The average molecular weight is 550 g/mol. The number of amides is 1. The Hall–Kier alpha value is -2.05. The van der Waals surface area contributed by atoms with E-state index in [4.69, 9.17) is 27.9 Å². The number of benzene rings is 2. The van der Waals surface area contributed by atoms with E-state index in [0.29, 0.717) is 13.1 Å². The largest absolute Gasteiger partial charge is 0.495 e. The molecule has 1 fully saturated rings. The molecule has 2 aromatic carbocycles. The Morgan fingerprint density at radius 2 is 1.65 bits per heavy atom. The lowest BCUT2D eigenvalue weighted by molar-refractivity contribution is -0.114. The Kier molecular flexibility index (Phi) is 8.35. The second-order valence-corrected chi connectivity index (χ2v) is 12.5. The molecule has 1 N–H and O–H groups in total. The number of hydrogen-bond acceptors (Lipinski definition) is 6. The van der Waals surface area contributed by atoms with E-state index < -0.39 is 32.5 Å². The van der Waals surface area contributed by atoms with E-state index in [1.54, 1.807) is 0 Å². The SMILES string of the molecule is COc1ccc(S(=O)(=O)N2CCCCC2)cc1NC(=O)CN(c1cc(Cl)cc(Cl)c1)S(C)(=O)=O. The number of carbonyl (C=O) groups excluding carboxylic acids is 1. The van der Waals surface area contributed by atoms with Gasteiger partial charge in [-0.25, -0.2) is 16.8 Å². The molecule has 2 aromatic rings. The highest BCUT2D eigenvalue weighted by molar-refractivity contribution is 7.92. The van der Waals surface area contributed by atoms with Gasteiger partial charge in [-0.1, -0.05) is 29.6 Å². The topological polar surface area (TPSA) is 113 Å². The zero-order valence-electron chi connectivity index (χ0n) is 18.6. The van der Waals surface area contributed by atoms with Crippen LogP contribution < -0.4 is 14.4 Å². The maximum absolute atomic E-state index is 13.0. The fourth-order valence-corrected chi connectivity index (χ4v) is 6.50. The van der Waals surface area contributed by atoms with E-state index in [0.717, 1.165) is 29.8 Å². The number of sulfonamides is 2. The molecule has 0 radical (unpaired) electrons. The summed E-state index contributed by atoms with van der Waals surface area (Å²) in [6.45, 7) is 0.269. The van der Waals surface area contributed by atoms with Crippen molar-refractivity contribution in [3.8, 4) is 5.75 Å². The van der Waals surface area contributed by atoms with Crippen molar-refractivity contribution in [2.45, 2.75) is 24.2 Å². The van der Waals surface area contributed by atoms with Crippen LogP contribution in [-0.2, 0) is 24.8 Å². The number of nitrogens with zero attached hydrogens (tertiary/aromatic N) is 2. The van der Waals surface area contributed by atoms with Gasteiger partial charge in [0.15, 0.2) is 0 Å². The predicted octanol–water partition coefficient (Wildman–Crippen LogP) is 3.58. The summed E-state index contributed by atoms with van der Waals surface area (Å²) in [7, 11) is -6.26. The van der Waals surface area contributed by atoms with Crippen LogP contribution in [0.25, 0.3) is 0 Å². The number of rotatable bonds is 8. The van der Waals surface area contributed by atoms with Gasteiger partial charge in [-0.05, 0) is 49.2 Å². The number of ether oxygens (including phenoxy) is 1. The maximum atomic E-state index is 13.0. The highest BCUT2D eigenvalue weighted by atomic mass is 35.5. The summed E-state index contributed by atoms with van der Waals surface area (Å²) >= 11 is 12.0. The molecule has 0 aliphatic carbocycles. The third-order valence-electron chi connectivity index (χ3n) is 5.22. The molecule has 1 amide bonds. The lowest BCUT2D eigenvalue weighted by atomic mass is 10.2. The van der Waals surface area contributed by atoms with Crippen LogP contribution in [0.3, 0.4) is 0 Å². The molecule has 0 unspecified atom stereocenters. The number of methoxy groups -OCH3 is 1. The standard InChI is InChI=1S/C21H25Cl2N3O6S2/c1-32-20-7-6-18(34(30,31)25-8-4-3-5-9-25)13-19(20)24-21(27)14-26(33(2,28)29)17-11-15(22)10-16(23)12-17/h6-7,10-13H,3-5,8-9,14H2,1-2H3,(H,24,27). The zero-order valence-corrected chi connectivity index (χ0v) is 21.8. The number of halogens is 2. The highest BCUT2D eigenvalue weighted by Gasteiger charge is 2.27. The van der Waals surface area contributed by atoms with Gasteiger partial charge in [0.2, 0.25) is 26.0 Å². The minimum atomic E-state index is -3.88. The summed E-state index contributed by atoms with van der Waals surface area (Å²) in [5.74, 6) is -0.491. The van der Waals surface area contributed by atoms with E-state index in [1.807, 2.05) is 0 Å². The van der Waals surface area contributed by atoms with Gasteiger partial charge < -0.3 is 10.1 Å². The number of piperidine rings is 1. The first-order valence-corrected chi connectivity index (χ1v) is 14.4. The monoisotopic (exact) mass is 549 g/mol. The van der Waals surface area contributed by atoms with Crippen molar-refractivity contribution in [1.82, 2.24) is 4.31 Å². The van der Waals surface area contributed by atoms with Gasteiger partial charge in [-0.15, -0.1) is 0 Å². The molecule has 1 aliphatic heterocycles. The summed E-state index contributed by atoms with van der Waals surface area (Å²) in [6.07, 6.45) is 3.49. The fourth-order valence-electron chi connectivity index (χ4n) is 3.60. The van der Waals surface area contributed by atoms with Crippen LogP contribution in [0, 0.1) is 0 Å². The van der Waals surface area contributed by atoms with E-state index in [-0.39, 0.29) is 32.1 Å². The molecule has 1 aliphatic rings. The zero-order chi connectivity index (χ0) is 25.1. The number of hydrogen-bond donors (Lipinski definition) is 1. The first-order chi connectivity index (χ1) is 15.9. The summed E-state index contributed by atoms with van der Waals surface area (Å²) in [6, 6.07) is 8.34. The molecule has 34 heavy (non-hydrogen) atoms. The quantitative estimate of drug-likeness (QED) is 0.538. The number of carbonyl (C=O) groups is 1. The highest BCUT2D eigenvalue weighted by Crippen LogP contribution is 2.31. The van der Waals surface area contributed by atoms with Crippen molar-refractivity contribution < 1.29 is 26.4 Å². The van der Waals surface area contributed by atoms with Crippen LogP contribution in [0.4, 0.5) is 11.4 Å². The van der Waals surface area contributed by atoms with E-state index in [9.17, 15) is 21.6 Å². The maximum Gasteiger partial charge on any atom is 0.245 e. The molecule has 186 valence electrons. The van der Waals surface area contributed by atoms with Gasteiger partial charge in [0.05, 0.1) is 29.6 Å². The van der Waals surface area contributed by atoms with Crippen molar-refractivity contribution in [2.75, 3.05) is 42.6 Å². The molecule has 3 rings (SSSR count). The third kappa shape index (κ3) is 6.33. The lowest BCUT2D eigenvalue weighted by Crippen LogP contribution is -2.37. The summed E-state index contributed by atoms with van der Waals surface area (Å²) in [4.78, 5) is 12.9. The van der Waals surface area contributed by atoms with Crippen molar-refractivity contribution in [1.29, 1.82) is 0 Å². The van der Waals surface area contributed by atoms with Gasteiger partial charge in [0.1, 0.15) is 12.3 Å². The Labute approximate surface area is 209 Å².